The molecule has 0 fully saturated rings. The highest BCUT2D eigenvalue weighted by Gasteiger charge is 2.20. The van der Waals surface area contributed by atoms with Gasteiger partial charge in [0.1, 0.15) is 5.75 Å². The first-order valence-electron chi connectivity index (χ1n) is 6.50. The second-order valence-corrected chi connectivity index (χ2v) is 4.70. The number of carbonyl (C=O) groups is 1. The van der Waals surface area contributed by atoms with Gasteiger partial charge in [0.2, 0.25) is 5.91 Å². The molecule has 1 amide bonds. The Kier molecular flexibility index (Phi) is 4.20. The molecule has 0 spiro atoms. The Balaban J connectivity index is 1.96. The van der Waals surface area contributed by atoms with E-state index < -0.39 is 0 Å². The Morgan fingerprint density at radius 2 is 2.28 bits per heavy atom. The molecular weight excluding hydrogens is 228 g/mol. The third-order valence-electron chi connectivity index (χ3n) is 3.26. The van der Waals surface area contributed by atoms with Gasteiger partial charge in [-0.15, -0.1) is 0 Å². The second kappa shape index (κ2) is 5.87. The molecule has 98 valence electrons. The molecule has 1 aliphatic rings. The smallest absolute Gasteiger partial charge is 0.236 e. The summed E-state index contributed by atoms with van der Waals surface area (Å²) in [6.45, 7) is 4.73. The van der Waals surface area contributed by atoms with Crippen molar-refractivity contribution >= 4 is 5.91 Å². The first kappa shape index (κ1) is 12.9. The minimum absolute atomic E-state index is 0.137. The van der Waals surface area contributed by atoms with Gasteiger partial charge in [-0.3, -0.25) is 4.79 Å². The third kappa shape index (κ3) is 3.01. The molecule has 4 nitrogen and oxygen atoms in total. The largest absolute Gasteiger partial charge is 0.508 e. The van der Waals surface area contributed by atoms with Crippen molar-refractivity contribution in [1.29, 1.82) is 0 Å². The minimum atomic E-state index is 0.137. The van der Waals surface area contributed by atoms with E-state index in [9.17, 15) is 9.90 Å². The number of phenols is 1. The fraction of sp³-hybridized carbons (Fsp3) is 0.500. The zero-order valence-electron chi connectivity index (χ0n) is 10.8. The molecule has 2 rings (SSSR count). The van der Waals surface area contributed by atoms with Gasteiger partial charge in [-0.05, 0) is 42.6 Å². The average molecular weight is 248 g/mol. The SMILES string of the molecule is CCCNCC(=O)N1CCc2ccc(O)cc2C1. The fourth-order valence-electron chi connectivity index (χ4n) is 2.24. The summed E-state index contributed by atoms with van der Waals surface area (Å²) in [6, 6.07) is 5.41. The van der Waals surface area contributed by atoms with Crippen molar-refractivity contribution in [3.8, 4) is 5.75 Å². The van der Waals surface area contributed by atoms with Gasteiger partial charge in [-0.25, -0.2) is 0 Å². The normalized spacial score (nSPS) is 14.4. The predicted octanol–water partition coefficient (Wildman–Crippen LogP) is 1.28. The lowest BCUT2D eigenvalue weighted by Crippen LogP contribution is -2.41. The van der Waals surface area contributed by atoms with Gasteiger partial charge in [0, 0.05) is 13.1 Å². The maximum Gasteiger partial charge on any atom is 0.236 e. The van der Waals surface area contributed by atoms with E-state index in [2.05, 4.69) is 12.2 Å². The molecule has 0 atom stereocenters. The van der Waals surface area contributed by atoms with Gasteiger partial charge in [0.25, 0.3) is 0 Å². The number of phenolic OH excluding ortho intramolecular Hbond substituents is 1. The monoisotopic (exact) mass is 248 g/mol. The zero-order chi connectivity index (χ0) is 13.0. The van der Waals surface area contributed by atoms with E-state index in [1.54, 1.807) is 12.1 Å². The summed E-state index contributed by atoms with van der Waals surface area (Å²) < 4.78 is 0. The van der Waals surface area contributed by atoms with Gasteiger partial charge >= 0.3 is 0 Å². The molecule has 0 saturated heterocycles. The predicted molar refractivity (Wildman–Crippen MR) is 70.4 cm³/mol. The highest BCUT2D eigenvalue weighted by Crippen LogP contribution is 2.22. The maximum absolute atomic E-state index is 12.0. The van der Waals surface area contributed by atoms with Crippen molar-refractivity contribution in [2.24, 2.45) is 0 Å². The summed E-state index contributed by atoms with van der Waals surface area (Å²) in [5, 5.41) is 12.6. The first-order valence-corrected chi connectivity index (χ1v) is 6.50. The molecule has 0 bridgehead atoms. The molecule has 0 aromatic heterocycles. The molecule has 1 heterocycles. The van der Waals surface area contributed by atoms with Crippen LogP contribution >= 0.6 is 0 Å². The Labute approximate surface area is 108 Å². The number of nitrogens with one attached hydrogen (secondary N) is 1. The van der Waals surface area contributed by atoms with Crippen molar-refractivity contribution < 1.29 is 9.90 Å². The first-order chi connectivity index (χ1) is 8.70. The number of amides is 1. The lowest BCUT2D eigenvalue weighted by atomic mass is 9.99. The van der Waals surface area contributed by atoms with Gasteiger partial charge < -0.3 is 15.3 Å². The molecule has 0 saturated carbocycles. The summed E-state index contributed by atoms with van der Waals surface area (Å²) in [7, 11) is 0. The van der Waals surface area contributed by atoms with Crippen molar-refractivity contribution in [2.75, 3.05) is 19.6 Å². The Bertz CT molecular complexity index is 432. The summed E-state index contributed by atoms with van der Waals surface area (Å²) >= 11 is 0. The Morgan fingerprint density at radius 3 is 3.06 bits per heavy atom. The standard InChI is InChI=1S/C14H20N2O2/c1-2-6-15-9-14(18)16-7-5-11-3-4-13(17)8-12(11)10-16/h3-4,8,15,17H,2,5-7,9-10H2,1H3. The van der Waals surface area contributed by atoms with E-state index in [0.29, 0.717) is 13.1 Å². The van der Waals surface area contributed by atoms with Crippen molar-refractivity contribution in [3.05, 3.63) is 29.3 Å². The second-order valence-electron chi connectivity index (χ2n) is 4.70. The highest BCUT2D eigenvalue weighted by atomic mass is 16.3. The topological polar surface area (TPSA) is 52.6 Å². The summed E-state index contributed by atoms with van der Waals surface area (Å²) in [5.41, 5.74) is 2.29. The average Bonchev–Trinajstić information content (AvgIpc) is 2.38. The quantitative estimate of drug-likeness (QED) is 0.789. The maximum atomic E-state index is 12.0. The lowest BCUT2D eigenvalue weighted by molar-refractivity contribution is -0.131. The van der Waals surface area contributed by atoms with Crippen LogP contribution in [0.3, 0.4) is 0 Å². The van der Waals surface area contributed by atoms with E-state index in [1.165, 1.54) is 5.56 Å². The number of hydrogen-bond donors (Lipinski definition) is 2. The fourth-order valence-corrected chi connectivity index (χ4v) is 2.24. The van der Waals surface area contributed by atoms with E-state index in [-0.39, 0.29) is 11.7 Å². The minimum Gasteiger partial charge on any atom is -0.508 e. The van der Waals surface area contributed by atoms with Crippen LogP contribution < -0.4 is 5.32 Å². The number of rotatable bonds is 4. The van der Waals surface area contributed by atoms with Crippen LogP contribution in [0.2, 0.25) is 0 Å². The van der Waals surface area contributed by atoms with Crippen LogP contribution in [0.4, 0.5) is 0 Å². The van der Waals surface area contributed by atoms with Crippen LogP contribution in [-0.4, -0.2) is 35.5 Å². The molecule has 2 N–H and O–H groups in total. The van der Waals surface area contributed by atoms with Crippen LogP contribution in [-0.2, 0) is 17.8 Å². The van der Waals surface area contributed by atoms with Crippen LogP contribution in [0.5, 0.6) is 5.75 Å². The molecular formula is C14H20N2O2. The van der Waals surface area contributed by atoms with Crippen LogP contribution in [0.15, 0.2) is 18.2 Å². The third-order valence-corrected chi connectivity index (χ3v) is 3.26. The molecule has 1 aromatic carbocycles. The summed E-state index contributed by atoms with van der Waals surface area (Å²) in [6.07, 6.45) is 1.90. The number of fused-ring (bicyclic) bond motifs is 1. The van der Waals surface area contributed by atoms with E-state index >= 15 is 0 Å². The van der Waals surface area contributed by atoms with Crippen molar-refractivity contribution in [2.45, 2.75) is 26.3 Å². The van der Waals surface area contributed by atoms with Gasteiger partial charge in [0.15, 0.2) is 0 Å². The van der Waals surface area contributed by atoms with Gasteiger partial charge in [-0.1, -0.05) is 13.0 Å². The summed E-state index contributed by atoms with van der Waals surface area (Å²) in [5.74, 6) is 0.407. The Morgan fingerprint density at radius 1 is 1.44 bits per heavy atom. The molecule has 0 radical (unpaired) electrons. The number of nitrogens with zero attached hydrogens (tertiary/aromatic N) is 1. The van der Waals surface area contributed by atoms with Crippen LogP contribution in [0, 0.1) is 0 Å². The van der Waals surface area contributed by atoms with E-state index in [1.807, 2.05) is 11.0 Å². The molecule has 4 heteroatoms. The van der Waals surface area contributed by atoms with Crippen molar-refractivity contribution in [1.82, 2.24) is 10.2 Å². The molecule has 0 unspecified atom stereocenters. The van der Waals surface area contributed by atoms with Crippen molar-refractivity contribution in [3.63, 3.8) is 0 Å². The number of carbonyl (C=O) groups excluding carboxylic acids is 1. The van der Waals surface area contributed by atoms with Crippen LogP contribution in [0.25, 0.3) is 0 Å². The van der Waals surface area contributed by atoms with Gasteiger partial charge in [0.05, 0.1) is 6.54 Å². The highest BCUT2D eigenvalue weighted by molar-refractivity contribution is 5.78. The molecule has 18 heavy (non-hydrogen) atoms. The number of hydrogen-bond acceptors (Lipinski definition) is 3. The zero-order valence-corrected chi connectivity index (χ0v) is 10.8. The van der Waals surface area contributed by atoms with Crippen LogP contribution in [0.1, 0.15) is 24.5 Å². The molecule has 1 aromatic rings. The number of aromatic hydroxyl groups is 1. The molecule has 1 aliphatic heterocycles. The Hall–Kier alpha value is -1.55. The van der Waals surface area contributed by atoms with E-state index in [4.69, 9.17) is 0 Å². The summed E-state index contributed by atoms with van der Waals surface area (Å²) in [4.78, 5) is 13.8. The van der Waals surface area contributed by atoms with Gasteiger partial charge in [-0.2, -0.15) is 0 Å². The number of benzene rings is 1. The van der Waals surface area contributed by atoms with E-state index in [0.717, 1.165) is 31.5 Å². The lowest BCUT2D eigenvalue weighted by Gasteiger charge is -2.29. The molecule has 0 aliphatic carbocycles.